The average molecular weight is 250 g/mol. The van der Waals surface area contributed by atoms with Crippen LogP contribution < -0.4 is 11.1 Å². The lowest BCUT2D eigenvalue weighted by atomic mass is 10.1. The number of anilines is 1. The number of rotatable bonds is 6. The van der Waals surface area contributed by atoms with Gasteiger partial charge in [0, 0.05) is 18.2 Å². The Hall–Kier alpha value is -1.88. The van der Waals surface area contributed by atoms with Gasteiger partial charge in [-0.25, -0.2) is 4.79 Å². The van der Waals surface area contributed by atoms with E-state index < -0.39 is 5.97 Å². The summed E-state index contributed by atoms with van der Waals surface area (Å²) in [6.07, 6.45) is 2.03. The molecule has 1 aromatic rings. The number of aromatic carboxylic acids is 1. The summed E-state index contributed by atoms with van der Waals surface area (Å²) in [7, 11) is 0. The van der Waals surface area contributed by atoms with E-state index in [4.69, 9.17) is 10.8 Å². The number of benzene rings is 1. The molecule has 0 aliphatic heterocycles. The van der Waals surface area contributed by atoms with Crippen LogP contribution in [0, 0.1) is 0 Å². The topological polar surface area (TPSA) is 92.4 Å². The lowest BCUT2D eigenvalue weighted by Crippen LogP contribution is -2.26. The molecule has 98 valence electrons. The molecule has 1 rings (SSSR count). The van der Waals surface area contributed by atoms with Gasteiger partial charge in [-0.15, -0.1) is 0 Å². The zero-order valence-electron chi connectivity index (χ0n) is 10.3. The van der Waals surface area contributed by atoms with Gasteiger partial charge in [-0.2, -0.15) is 0 Å². The largest absolute Gasteiger partial charge is 0.478 e. The van der Waals surface area contributed by atoms with Gasteiger partial charge in [-0.05, 0) is 30.7 Å². The van der Waals surface area contributed by atoms with E-state index in [9.17, 15) is 9.59 Å². The summed E-state index contributed by atoms with van der Waals surface area (Å²) in [5.41, 5.74) is 6.53. The molecule has 0 radical (unpaired) electrons. The minimum Gasteiger partial charge on any atom is -0.478 e. The minimum atomic E-state index is -0.988. The number of carboxylic acid groups (broad SMARTS) is 1. The zero-order chi connectivity index (χ0) is 13.5. The molecule has 1 aromatic carbocycles. The molecule has 18 heavy (non-hydrogen) atoms. The second kappa shape index (κ2) is 6.76. The molecule has 0 spiro atoms. The smallest absolute Gasteiger partial charge is 0.335 e. The first-order valence-corrected chi connectivity index (χ1v) is 5.91. The molecule has 0 bridgehead atoms. The van der Waals surface area contributed by atoms with Gasteiger partial charge in [0.2, 0.25) is 5.91 Å². The molecule has 1 unspecified atom stereocenters. The molecule has 4 N–H and O–H groups in total. The normalized spacial score (nSPS) is 11.9. The maximum absolute atomic E-state index is 11.6. The minimum absolute atomic E-state index is 0.131. The van der Waals surface area contributed by atoms with Gasteiger partial charge in [0.25, 0.3) is 0 Å². The quantitative estimate of drug-likeness (QED) is 0.718. The van der Waals surface area contributed by atoms with Gasteiger partial charge < -0.3 is 16.2 Å². The Bertz CT molecular complexity index is 415. The lowest BCUT2D eigenvalue weighted by molar-refractivity contribution is -0.116. The molecule has 0 saturated heterocycles. The molecule has 0 aromatic heterocycles. The highest BCUT2D eigenvalue weighted by atomic mass is 16.4. The number of carboxylic acids is 1. The first-order valence-electron chi connectivity index (χ1n) is 5.91. The predicted octanol–water partition coefficient (Wildman–Crippen LogP) is 1.84. The molecule has 0 aliphatic rings. The molecule has 0 aliphatic carbocycles. The Morgan fingerprint density at radius 3 is 2.44 bits per heavy atom. The van der Waals surface area contributed by atoms with Crippen LogP contribution in [0.4, 0.5) is 5.69 Å². The number of hydrogen-bond donors (Lipinski definition) is 3. The van der Waals surface area contributed by atoms with E-state index in [1.54, 1.807) is 12.1 Å². The van der Waals surface area contributed by atoms with Gasteiger partial charge in [0.15, 0.2) is 0 Å². The van der Waals surface area contributed by atoms with E-state index in [1.807, 2.05) is 6.92 Å². The van der Waals surface area contributed by atoms with E-state index in [0.717, 1.165) is 12.8 Å². The van der Waals surface area contributed by atoms with Crippen molar-refractivity contribution in [1.82, 2.24) is 0 Å². The fourth-order valence-electron chi connectivity index (χ4n) is 1.62. The molecule has 0 fully saturated rings. The fraction of sp³-hybridized carbons (Fsp3) is 0.385. The second-order valence-electron chi connectivity index (χ2n) is 4.18. The highest BCUT2D eigenvalue weighted by molar-refractivity contribution is 5.92. The summed E-state index contributed by atoms with van der Waals surface area (Å²) in [6.45, 7) is 2.02. The summed E-state index contributed by atoms with van der Waals surface area (Å²) in [4.78, 5) is 22.3. The maximum atomic E-state index is 11.6. The van der Waals surface area contributed by atoms with Crippen LogP contribution in [0.3, 0.4) is 0 Å². The number of hydrogen-bond acceptors (Lipinski definition) is 3. The van der Waals surface area contributed by atoms with Gasteiger partial charge in [0.1, 0.15) is 0 Å². The molecule has 5 nitrogen and oxygen atoms in total. The van der Waals surface area contributed by atoms with Crippen molar-refractivity contribution in [3.05, 3.63) is 29.8 Å². The first-order chi connectivity index (χ1) is 8.52. The van der Waals surface area contributed by atoms with Crippen molar-refractivity contribution in [1.29, 1.82) is 0 Å². The predicted molar refractivity (Wildman–Crippen MR) is 69.5 cm³/mol. The lowest BCUT2D eigenvalue weighted by Gasteiger charge is -2.10. The summed E-state index contributed by atoms with van der Waals surface area (Å²) in [6, 6.07) is 5.89. The van der Waals surface area contributed by atoms with Crippen LogP contribution in [-0.4, -0.2) is 23.0 Å². The highest BCUT2D eigenvalue weighted by Gasteiger charge is 2.09. The number of carbonyl (C=O) groups is 2. The third kappa shape index (κ3) is 4.55. The molecule has 5 heteroatoms. The molecular formula is C13H18N2O3. The number of nitrogens with two attached hydrogens (primary N) is 1. The van der Waals surface area contributed by atoms with E-state index in [0.29, 0.717) is 5.69 Å². The second-order valence-corrected chi connectivity index (χ2v) is 4.18. The molecular weight excluding hydrogens is 232 g/mol. The van der Waals surface area contributed by atoms with Crippen molar-refractivity contribution in [2.24, 2.45) is 5.73 Å². The van der Waals surface area contributed by atoms with Crippen LogP contribution in [0.25, 0.3) is 0 Å². The molecule has 1 amide bonds. The molecule has 0 heterocycles. The first kappa shape index (κ1) is 14.2. The summed E-state index contributed by atoms with van der Waals surface area (Å²) < 4.78 is 0. The van der Waals surface area contributed by atoms with Crippen molar-refractivity contribution in [2.75, 3.05) is 5.32 Å². The fourth-order valence-corrected chi connectivity index (χ4v) is 1.62. The molecule has 1 atom stereocenters. The summed E-state index contributed by atoms with van der Waals surface area (Å²) in [5.74, 6) is -1.14. The zero-order valence-corrected chi connectivity index (χ0v) is 10.3. The standard InChI is InChI=1S/C13H18N2O3/c1-2-3-10(14)8-12(16)15-11-6-4-9(5-7-11)13(17)18/h4-7,10H,2-3,8,14H2,1H3,(H,15,16)(H,17,18). The van der Waals surface area contributed by atoms with Gasteiger partial charge in [-0.1, -0.05) is 13.3 Å². The third-order valence-electron chi connectivity index (χ3n) is 2.52. The van der Waals surface area contributed by atoms with Crippen molar-refractivity contribution >= 4 is 17.6 Å². The van der Waals surface area contributed by atoms with Crippen LogP contribution in [-0.2, 0) is 4.79 Å². The molecule has 0 saturated carbocycles. The highest BCUT2D eigenvalue weighted by Crippen LogP contribution is 2.10. The number of amides is 1. The van der Waals surface area contributed by atoms with Gasteiger partial charge >= 0.3 is 5.97 Å². The van der Waals surface area contributed by atoms with Crippen molar-refractivity contribution < 1.29 is 14.7 Å². The Morgan fingerprint density at radius 2 is 1.94 bits per heavy atom. The Balaban J connectivity index is 2.51. The van der Waals surface area contributed by atoms with Gasteiger partial charge in [0.05, 0.1) is 5.56 Å². The number of carbonyl (C=O) groups excluding carboxylic acids is 1. The van der Waals surface area contributed by atoms with Crippen LogP contribution in [0.5, 0.6) is 0 Å². The van der Waals surface area contributed by atoms with E-state index in [-0.39, 0.29) is 23.9 Å². The number of nitrogens with one attached hydrogen (secondary N) is 1. The Morgan fingerprint density at radius 1 is 1.33 bits per heavy atom. The van der Waals surface area contributed by atoms with E-state index in [1.165, 1.54) is 12.1 Å². The van der Waals surface area contributed by atoms with Crippen molar-refractivity contribution in [3.63, 3.8) is 0 Å². The summed E-state index contributed by atoms with van der Waals surface area (Å²) in [5, 5.41) is 11.4. The van der Waals surface area contributed by atoms with Crippen LogP contribution in [0.1, 0.15) is 36.5 Å². The van der Waals surface area contributed by atoms with Crippen LogP contribution in [0.15, 0.2) is 24.3 Å². The maximum Gasteiger partial charge on any atom is 0.335 e. The Labute approximate surface area is 106 Å². The van der Waals surface area contributed by atoms with Crippen LogP contribution in [0.2, 0.25) is 0 Å². The average Bonchev–Trinajstić information content (AvgIpc) is 2.29. The summed E-state index contributed by atoms with van der Waals surface area (Å²) >= 11 is 0. The van der Waals surface area contributed by atoms with Crippen molar-refractivity contribution in [2.45, 2.75) is 32.2 Å². The van der Waals surface area contributed by atoms with E-state index in [2.05, 4.69) is 5.32 Å². The monoisotopic (exact) mass is 250 g/mol. The van der Waals surface area contributed by atoms with E-state index >= 15 is 0 Å². The Kier molecular flexibility index (Phi) is 5.32. The van der Waals surface area contributed by atoms with Crippen molar-refractivity contribution in [3.8, 4) is 0 Å². The van der Waals surface area contributed by atoms with Gasteiger partial charge in [-0.3, -0.25) is 4.79 Å². The van der Waals surface area contributed by atoms with Crippen LogP contribution >= 0.6 is 0 Å². The SMILES string of the molecule is CCCC(N)CC(=O)Nc1ccc(C(=O)O)cc1. The third-order valence-corrected chi connectivity index (χ3v) is 2.52.